The molecule has 0 aromatic heterocycles. The summed E-state index contributed by atoms with van der Waals surface area (Å²) >= 11 is 0. The van der Waals surface area contributed by atoms with Crippen LogP contribution in [0.1, 0.15) is 26.7 Å². The standard InChI is InChI=1S/C10H21NO/c1-9(2)6-10(8-12)4-5-11(3)7-10/h9,12H,4-8H2,1-3H3. The third-order valence-corrected chi connectivity index (χ3v) is 2.81. The number of nitrogens with zero attached hydrogens (tertiary/aromatic N) is 1. The Labute approximate surface area is 75.6 Å². The van der Waals surface area contributed by atoms with Gasteiger partial charge in [-0.2, -0.15) is 0 Å². The minimum atomic E-state index is 0.211. The number of hydrogen-bond acceptors (Lipinski definition) is 2. The molecule has 1 aliphatic rings. The van der Waals surface area contributed by atoms with Crippen molar-refractivity contribution in [3.8, 4) is 0 Å². The van der Waals surface area contributed by atoms with E-state index < -0.39 is 0 Å². The van der Waals surface area contributed by atoms with E-state index in [-0.39, 0.29) is 5.41 Å². The molecule has 1 saturated heterocycles. The van der Waals surface area contributed by atoms with Crippen molar-refractivity contribution in [2.24, 2.45) is 11.3 Å². The molecule has 0 saturated carbocycles. The second-order valence-corrected chi connectivity index (χ2v) is 4.74. The van der Waals surface area contributed by atoms with E-state index in [9.17, 15) is 5.11 Å². The quantitative estimate of drug-likeness (QED) is 0.693. The predicted molar refractivity (Wildman–Crippen MR) is 51.1 cm³/mol. The van der Waals surface area contributed by atoms with E-state index in [1.807, 2.05) is 0 Å². The first kappa shape index (κ1) is 10.0. The minimum Gasteiger partial charge on any atom is -0.396 e. The lowest BCUT2D eigenvalue weighted by atomic mass is 9.80. The molecule has 1 atom stereocenters. The maximum atomic E-state index is 9.36. The van der Waals surface area contributed by atoms with Crippen molar-refractivity contribution in [2.45, 2.75) is 26.7 Å². The highest BCUT2D eigenvalue weighted by Crippen LogP contribution is 2.35. The summed E-state index contributed by atoms with van der Waals surface area (Å²) in [5, 5.41) is 9.36. The number of likely N-dealkylation sites (tertiary alicyclic amines) is 1. The van der Waals surface area contributed by atoms with Crippen molar-refractivity contribution in [3.63, 3.8) is 0 Å². The summed E-state index contributed by atoms with van der Waals surface area (Å²) in [6.45, 7) is 7.04. The lowest BCUT2D eigenvalue weighted by Crippen LogP contribution is -2.30. The highest BCUT2D eigenvalue weighted by molar-refractivity contribution is 4.88. The Morgan fingerprint density at radius 1 is 1.50 bits per heavy atom. The largest absolute Gasteiger partial charge is 0.396 e. The van der Waals surface area contributed by atoms with Gasteiger partial charge in [-0.15, -0.1) is 0 Å². The zero-order valence-corrected chi connectivity index (χ0v) is 8.51. The van der Waals surface area contributed by atoms with E-state index in [4.69, 9.17) is 0 Å². The monoisotopic (exact) mass is 171 g/mol. The van der Waals surface area contributed by atoms with E-state index in [1.54, 1.807) is 0 Å². The molecule has 0 bridgehead atoms. The Kier molecular flexibility index (Phi) is 3.13. The first-order valence-corrected chi connectivity index (χ1v) is 4.87. The first-order valence-electron chi connectivity index (χ1n) is 4.87. The number of aliphatic hydroxyl groups excluding tert-OH is 1. The van der Waals surface area contributed by atoms with E-state index in [0.717, 1.165) is 25.9 Å². The van der Waals surface area contributed by atoms with Crippen LogP contribution in [0.25, 0.3) is 0 Å². The van der Waals surface area contributed by atoms with Crippen molar-refractivity contribution in [2.75, 3.05) is 26.7 Å². The van der Waals surface area contributed by atoms with Crippen molar-refractivity contribution >= 4 is 0 Å². The van der Waals surface area contributed by atoms with Crippen LogP contribution in [0.15, 0.2) is 0 Å². The van der Waals surface area contributed by atoms with Crippen LogP contribution in [-0.2, 0) is 0 Å². The van der Waals surface area contributed by atoms with Gasteiger partial charge in [0.1, 0.15) is 0 Å². The lowest BCUT2D eigenvalue weighted by molar-refractivity contribution is 0.109. The van der Waals surface area contributed by atoms with Gasteiger partial charge in [-0.1, -0.05) is 13.8 Å². The molecule has 0 aromatic rings. The van der Waals surface area contributed by atoms with E-state index >= 15 is 0 Å². The van der Waals surface area contributed by atoms with Crippen LogP contribution < -0.4 is 0 Å². The smallest absolute Gasteiger partial charge is 0.0500 e. The Morgan fingerprint density at radius 3 is 2.50 bits per heavy atom. The molecule has 1 rings (SSSR count). The number of aliphatic hydroxyl groups is 1. The number of hydrogen-bond donors (Lipinski definition) is 1. The molecule has 12 heavy (non-hydrogen) atoms. The highest BCUT2D eigenvalue weighted by Gasteiger charge is 2.36. The molecule has 2 nitrogen and oxygen atoms in total. The summed E-state index contributed by atoms with van der Waals surface area (Å²) in [6.07, 6.45) is 2.33. The van der Waals surface area contributed by atoms with Crippen molar-refractivity contribution in [1.29, 1.82) is 0 Å². The van der Waals surface area contributed by atoms with Crippen LogP contribution in [0, 0.1) is 11.3 Å². The average Bonchev–Trinajstić information content (AvgIpc) is 2.32. The second kappa shape index (κ2) is 3.75. The normalized spacial score (nSPS) is 31.8. The molecule has 1 N–H and O–H groups in total. The summed E-state index contributed by atoms with van der Waals surface area (Å²) in [5.74, 6) is 0.698. The molecule has 0 aromatic carbocycles. The summed E-state index contributed by atoms with van der Waals surface area (Å²) in [4.78, 5) is 2.32. The molecule has 0 radical (unpaired) electrons. The highest BCUT2D eigenvalue weighted by atomic mass is 16.3. The maximum Gasteiger partial charge on any atom is 0.0500 e. The van der Waals surface area contributed by atoms with Gasteiger partial charge < -0.3 is 10.0 Å². The molecular weight excluding hydrogens is 150 g/mol. The maximum absolute atomic E-state index is 9.36. The Balaban J connectivity index is 2.52. The van der Waals surface area contributed by atoms with Gasteiger partial charge in [0.25, 0.3) is 0 Å². The second-order valence-electron chi connectivity index (χ2n) is 4.74. The minimum absolute atomic E-state index is 0.211. The molecule has 0 aliphatic carbocycles. The van der Waals surface area contributed by atoms with Gasteiger partial charge in [-0.25, -0.2) is 0 Å². The molecular formula is C10H21NO. The fourth-order valence-electron chi connectivity index (χ4n) is 2.38. The fraction of sp³-hybridized carbons (Fsp3) is 1.00. The zero-order valence-electron chi connectivity index (χ0n) is 8.51. The molecule has 1 aliphatic heterocycles. The lowest BCUT2D eigenvalue weighted by Gasteiger charge is -2.28. The summed E-state index contributed by atoms with van der Waals surface area (Å²) in [7, 11) is 2.14. The first-order chi connectivity index (χ1) is 5.58. The zero-order chi connectivity index (χ0) is 9.19. The van der Waals surface area contributed by atoms with Gasteiger partial charge in [0.2, 0.25) is 0 Å². The van der Waals surface area contributed by atoms with Gasteiger partial charge in [0.05, 0.1) is 0 Å². The van der Waals surface area contributed by atoms with Crippen LogP contribution in [0.4, 0.5) is 0 Å². The Bertz CT molecular complexity index is 147. The third kappa shape index (κ3) is 2.20. The average molecular weight is 171 g/mol. The number of rotatable bonds is 3. The van der Waals surface area contributed by atoms with Crippen LogP contribution in [-0.4, -0.2) is 36.8 Å². The topological polar surface area (TPSA) is 23.5 Å². The van der Waals surface area contributed by atoms with Crippen molar-refractivity contribution in [3.05, 3.63) is 0 Å². The molecule has 2 heteroatoms. The van der Waals surface area contributed by atoms with Crippen molar-refractivity contribution < 1.29 is 5.11 Å². The molecule has 72 valence electrons. The molecule has 0 amide bonds. The molecule has 1 unspecified atom stereocenters. The SMILES string of the molecule is CC(C)CC1(CO)CCN(C)C1. The van der Waals surface area contributed by atoms with Crippen LogP contribution in [0.5, 0.6) is 0 Å². The summed E-state index contributed by atoms with van der Waals surface area (Å²) in [6, 6.07) is 0. The fourth-order valence-corrected chi connectivity index (χ4v) is 2.38. The van der Waals surface area contributed by atoms with Crippen LogP contribution in [0.3, 0.4) is 0 Å². The molecule has 1 heterocycles. The predicted octanol–water partition coefficient (Wildman–Crippen LogP) is 1.35. The van der Waals surface area contributed by atoms with E-state index in [2.05, 4.69) is 25.8 Å². The van der Waals surface area contributed by atoms with Crippen LogP contribution >= 0.6 is 0 Å². The summed E-state index contributed by atoms with van der Waals surface area (Å²) in [5.41, 5.74) is 0.211. The Morgan fingerprint density at radius 2 is 2.17 bits per heavy atom. The Hall–Kier alpha value is -0.0800. The van der Waals surface area contributed by atoms with Crippen LogP contribution in [0.2, 0.25) is 0 Å². The van der Waals surface area contributed by atoms with Gasteiger partial charge in [0, 0.05) is 18.6 Å². The summed E-state index contributed by atoms with van der Waals surface area (Å²) < 4.78 is 0. The van der Waals surface area contributed by atoms with E-state index in [0.29, 0.717) is 12.5 Å². The van der Waals surface area contributed by atoms with Gasteiger partial charge in [-0.05, 0) is 32.4 Å². The van der Waals surface area contributed by atoms with E-state index in [1.165, 1.54) is 0 Å². The van der Waals surface area contributed by atoms with Gasteiger partial charge in [-0.3, -0.25) is 0 Å². The van der Waals surface area contributed by atoms with Crippen molar-refractivity contribution in [1.82, 2.24) is 4.90 Å². The molecule has 1 fully saturated rings. The van der Waals surface area contributed by atoms with Gasteiger partial charge >= 0.3 is 0 Å². The third-order valence-electron chi connectivity index (χ3n) is 2.81. The molecule has 0 spiro atoms. The van der Waals surface area contributed by atoms with Gasteiger partial charge in [0.15, 0.2) is 0 Å².